The molecule has 16 heavy (non-hydrogen) atoms. The van der Waals surface area contributed by atoms with Crippen LogP contribution in [0.25, 0.3) is 0 Å². The minimum Gasteiger partial charge on any atom is -0.331 e. The molecule has 84 valence electrons. The van der Waals surface area contributed by atoms with Crippen molar-refractivity contribution in [3.63, 3.8) is 0 Å². The Morgan fingerprint density at radius 1 is 1.56 bits per heavy atom. The highest BCUT2D eigenvalue weighted by Crippen LogP contribution is 2.23. The Hall–Kier alpha value is -1.64. The molecule has 0 amide bonds. The molecule has 0 radical (unpaired) electrons. The average molecular weight is 216 g/mol. The number of hydrogen-bond donors (Lipinski definition) is 0. The fraction of sp³-hybridized carbons (Fsp3) is 0.385. The maximum Gasteiger partial charge on any atom is 0.120 e. The minimum atomic E-state index is 0.289. The molecule has 1 aliphatic rings. The van der Waals surface area contributed by atoms with Gasteiger partial charge in [-0.1, -0.05) is 19.1 Å². The molecule has 1 aliphatic heterocycles. The van der Waals surface area contributed by atoms with Crippen molar-refractivity contribution in [2.45, 2.75) is 19.3 Å². The Morgan fingerprint density at radius 2 is 2.44 bits per heavy atom. The lowest BCUT2D eigenvalue weighted by atomic mass is 9.98. The Bertz CT molecular complexity index is 401. The van der Waals surface area contributed by atoms with Crippen LogP contribution in [0.15, 0.2) is 29.3 Å². The first-order chi connectivity index (χ1) is 7.81. The average Bonchev–Trinajstić information content (AvgIpc) is 2.83. The van der Waals surface area contributed by atoms with Crippen LogP contribution in [0.1, 0.15) is 24.8 Å². The van der Waals surface area contributed by atoms with E-state index in [0.717, 1.165) is 25.1 Å². The number of hydrogen-bond acceptors (Lipinski definition) is 3. The summed E-state index contributed by atoms with van der Waals surface area (Å²) in [5, 5.41) is 0. The van der Waals surface area contributed by atoms with E-state index in [1.54, 1.807) is 0 Å². The molecule has 1 heterocycles. The molecule has 1 aromatic rings. The Morgan fingerprint density at radius 3 is 3.12 bits per heavy atom. The van der Waals surface area contributed by atoms with Gasteiger partial charge in [0.15, 0.2) is 0 Å². The highest BCUT2D eigenvalue weighted by atomic mass is 16.1. The monoisotopic (exact) mass is 216 g/mol. The van der Waals surface area contributed by atoms with Gasteiger partial charge in [-0.15, -0.1) is 0 Å². The molecule has 3 nitrogen and oxygen atoms in total. The van der Waals surface area contributed by atoms with Crippen molar-refractivity contribution >= 4 is 18.3 Å². The maximum atomic E-state index is 10.5. The molecule has 0 saturated carbocycles. The van der Waals surface area contributed by atoms with Crippen molar-refractivity contribution in [3.8, 4) is 0 Å². The Kier molecular flexibility index (Phi) is 3.34. The van der Waals surface area contributed by atoms with Crippen LogP contribution in [-0.4, -0.2) is 25.7 Å². The van der Waals surface area contributed by atoms with Crippen LogP contribution in [0.5, 0.6) is 0 Å². The van der Waals surface area contributed by atoms with Crippen LogP contribution in [0.3, 0.4) is 0 Å². The zero-order chi connectivity index (χ0) is 11.4. The van der Waals surface area contributed by atoms with Gasteiger partial charge >= 0.3 is 0 Å². The molecular formula is C13H16N2O. The third-order valence-electron chi connectivity index (χ3n) is 2.91. The van der Waals surface area contributed by atoms with E-state index < -0.39 is 0 Å². The van der Waals surface area contributed by atoms with Crippen LogP contribution in [-0.2, 0) is 4.79 Å². The van der Waals surface area contributed by atoms with E-state index in [4.69, 9.17) is 0 Å². The molecule has 1 unspecified atom stereocenters. The highest BCUT2D eigenvalue weighted by molar-refractivity contribution is 5.81. The largest absolute Gasteiger partial charge is 0.331 e. The normalized spacial score (nSPS) is 16.4. The molecule has 0 bridgehead atoms. The van der Waals surface area contributed by atoms with Gasteiger partial charge in [0.2, 0.25) is 0 Å². The summed E-state index contributed by atoms with van der Waals surface area (Å²) in [6.45, 7) is 3.89. The van der Waals surface area contributed by atoms with Crippen molar-refractivity contribution in [1.29, 1.82) is 0 Å². The van der Waals surface area contributed by atoms with E-state index in [9.17, 15) is 4.79 Å². The first kappa shape index (κ1) is 10.9. The molecule has 2 rings (SSSR count). The quantitative estimate of drug-likeness (QED) is 0.723. The second-order valence-corrected chi connectivity index (χ2v) is 4.11. The molecule has 0 aromatic heterocycles. The van der Waals surface area contributed by atoms with E-state index in [2.05, 4.69) is 35.0 Å². The predicted octanol–water partition coefficient (Wildman–Crippen LogP) is 2.23. The lowest BCUT2D eigenvalue weighted by molar-refractivity contribution is -0.108. The molecular weight excluding hydrogens is 200 g/mol. The van der Waals surface area contributed by atoms with Crippen LogP contribution in [0.4, 0.5) is 5.69 Å². The topological polar surface area (TPSA) is 32.7 Å². The summed E-state index contributed by atoms with van der Waals surface area (Å²) in [4.78, 5) is 16.8. The van der Waals surface area contributed by atoms with Crippen molar-refractivity contribution in [3.05, 3.63) is 29.8 Å². The van der Waals surface area contributed by atoms with Gasteiger partial charge in [0.1, 0.15) is 6.29 Å². The Labute approximate surface area is 95.8 Å². The highest BCUT2D eigenvalue weighted by Gasteiger charge is 2.10. The van der Waals surface area contributed by atoms with Crippen molar-refractivity contribution in [2.75, 3.05) is 18.0 Å². The zero-order valence-electron chi connectivity index (χ0n) is 9.47. The fourth-order valence-corrected chi connectivity index (χ4v) is 1.87. The van der Waals surface area contributed by atoms with Gasteiger partial charge in [-0.25, -0.2) is 0 Å². The van der Waals surface area contributed by atoms with Crippen LogP contribution < -0.4 is 4.90 Å². The number of anilines is 1. The molecule has 0 spiro atoms. The second-order valence-electron chi connectivity index (χ2n) is 4.11. The van der Waals surface area contributed by atoms with Crippen molar-refractivity contribution in [2.24, 2.45) is 4.99 Å². The lowest BCUT2D eigenvalue weighted by Crippen LogP contribution is -2.18. The smallest absolute Gasteiger partial charge is 0.120 e. The summed E-state index contributed by atoms with van der Waals surface area (Å²) in [6, 6.07) is 8.34. The zero-order valence-corrected chi connectivity index (χ0v) is 9.47. The standard InChI is InChI=1S/C13H16N2O/c1-11(5-8-16)12-3-2-4-13(9-12)15-7-6-14-10-15/h2-4,8-11H,5-7H2,1H3. The van der Waals surface area contributed by atoms with Crippen molar-refractivity contribution in [1.82, 2.24) is 0 Å². The van der Waals surface area contributed by atoms with Crippen LogP contribution in [0.2, 0.25) is 0 Å². The van der Waals surface area contributed by atoms with Gasteiger partial charge in [0.25, 0.3) is 0 Å². The maximum absolute atomic E-state index is 10.5. The van der Waals surface area contributed by atoms with Crippen LogP contribution >= 0.6 is 0 Å². The second kappa shape index (κ2) is 4.92. The van der Waals surface area contributed by atoms with Gasteiger partial charge in [-0.3, -0.25) is 4.99 Å². The molecule has 0 saturated heterocycles. The predicted molar refractivity (Wildman–Crippen MR) is 66.2 cm³/mol. The van der Waals surface area contributed by atoms with Gasteiger partial charge < -0.3 is 9.69 Å². The number of rotatable bonds is 4. The molecule has 0 fully saturated rings. The summed E-state index contributed by atoms with van der Waals surface area (Å²) < 4.78 is 0. The van der Waals surface area contributed by atoms with E-state index in [0.29, 0.717) is 6.42 Å². The summed E-state index contributed by atoms with van der Waals surface area (Å²) in [7, 11) is 0. The summed E-state index contributed by atoms with van der Waals surface area (Å²) >= 11 is 0. The van der Waals surface area contributed by atoms with Gasteiger partial charge in [-0.2, -0.15) is 0 Å². The van der Waals surface area contributed by atoms with E-state index >= 15 is 0 Å². The molecule has 1 atom stereocenters. The Balaban J connectivity index is 2.18. The molecule has 1 aromatic carbocycles. The molecule has 0 N–H and O–H groups in total. The molecule has 0 aliphatic carbocycles. The van der Waals surface area contributed by atoms with E-state index in [1.807, 2.05) is 12.4 Å². The number of carbonyl (C=O) groups excluding carboxylic acids is 1. The summed E-state index contributed by atoms with van der Waals surface area (Å²) in [5.74, 6) is 0.289. The van der Waals surface area contributed by atoms with Crippen LogP contribution in [0, 0.1) is 0 Å². The van der Waals surface area contributed by atoms with Gasteiger partial charge in [0.05, 0.1) is 12.9 Å². The fourth-order valence-electron chi connectivity index (χ4n) is 1.87. The number of aldehydes is 1. The first-order valence-electron chi connectivity index (χ1n) is 5.61. The SMILES string of the molecule is CC(CC=O)c1cccc(N2C=NCC2)c1. The number of carbonyl (C=O) groups is 1. The summed E-state index contributed by atoms with van der Waals surface area (Å²) in [5.41, 5.74) is 2.38. The third-order valence-corrected chi connectivity index (χ3v) is 2.91. The molecule has 3 heteroatoms. The summed E-state index contributed by atoms with van der Waals surface area (Å²) in [6.07, 6.45) is 3.44. The van der Waals surface area contributed by atoms with Gasteiger partial charge in [-0.05, 0) is 23.6 Å². The number of benzene rings is 1. The van der Waals surface area contributed by atoms with E-state index in [1.165, 1.54) is 5.56 Å². The van der Waals surface area contributed by atoms with Gasteiger partial charge in [0, 0.05) is 18.7 Å². The third kappa shape index (κ3) is 2.30. The lowest BCUT2D eigenvalue weighted by Gasteiger charge is -2.16. The number of aliphatic imine (C=N–C) groups is 1. The van der Waals surface area contributed by atoms with Crippen molar-refractivity contribution < 1.29 is 4.79 Å². The number of nitrogens with zero attached hydrogens (tertiary/aromatic N) is 2. The van der Waals surface area contributed by atoms with E-state index in [-0.39, 0.29) is 5.92 Å². The minimum absolute atomic E-state index is 0.289. The first-order valence-corrected chi connectivity index (χ1v) is 5.61.